The van der Waals surface area contributed by atoms with E-state index in [4.69, 9.17) is 4.74 Å². The SMILES string of the molecule is COc1ccc([C@]2(C)NC(=O)N(NC(=O)NC3CCCCC3)C2=O)cc1. The van der Waals surface area contributed by atoms with Gasteiger partial charge in [-0.15, -0.1) is 0 Å². The van der Waals surface area contributed by atoms with Gasteiger partial charge < -0.3 is 15.4 Å². The summed E-state index contributed by atoms with van der Waals surface area (Å²) in [5.41, 5.74) is 1.73. The van der Waals surface area contributed by atoms with Crippen LogP contribution in [-0.2, 0) is 10.3 Å². The molecule has 1 aromatic carbocycles. The van der Waals surface area contributed by atoms with Crippen LogP contribution in [0.3, 0.4) is 0 Å². The summed E-state index contributed by atoms with van der Waals surface area (Å²) >= 11 is 0. The van der Waals surface area contributed by atoms with E-state index in [9.17, 15) is 14.4 Å². The van der Waals surface area contributed by atoms with Gasteiger partial charge in [-0.05, 0) is 37.5 Å². The molecule has 0 bridgehead atoms. The van der Waals surface area contributed by atoms with Gasteiger partial charge in [0.15, 0.2) is 0 Å². The largest absolute Gasteiger partial charge is 0.497 e. The van der Waals surface area contributed by atoms with Gasteiger partial charge in [0.2, 0.25) is 0 Å². The average molecular weight is 360 g/mol. The molecular weight excluding hydrogens is 336 g/mol. The second kappa shape index (κ2) is 7.23. The highest BCUT2D eigenvalue weighted by Crippen LogP contribution is 2.29. The van der Waals surface area contributed by atoms with E-state index in [0.29, 0.717) is 11.3 Å². The summed E-state index contributed by atoms with van der Waals surface area (Å²) < 4.78 is 5.11. The van der Waals surface area contributed by atoms with E-state index in [1.165, 1.54) is 6.42 Å². The average Bonchev–Trinajstić information content (AvgIpc) is 2.86. The Hall–Kier alpha value is -2.77. The molecule has 1 aliphatic heterocycles. The number of hydrogen-bond acceptors (Lipinski definition) is 4. The zero-order chi connectivity index (χ0) is 18.7. The molecule has 0 unspecified atom stereocenters. The van der Waals surface area contributed by atoms with Crippen molar-refractivity contribution in [1.82, 2.24) is 21.1 Å². The van der Waals surface area contributed by atoms with Gasteiger partial charge in [-0.1, -0.05) is 31.4 Å². The number of nitrogens with one attached hydrogen (secondary N) is 3. The Bertz CT molecular complexity index is 700. The van der Waals surface area contributed by atoms with Crippen LogP contribution in [0.2, 0.25) is 0 Å². The Labute approximate surface area is 152 Å². The molecule has 2 aliphatic rings. The van der Waals surface area contributed by atoms with E-state index in [0.717, 1.165) is 30.7 Å². The molecule has 8 nitrogen and oxygen atoms in total. The second-order valence-electron chi connectivity index (χ2n) is 6.84. The van der Waals surface area contributed by atoms with Crippen LogP contribution in [0.4, 0.5) is 9.59 Å². The van der Waals surface area contributed by atoms with Crippen molar-refractivity contribution in [3.8, 4) is 5.75 Å². The molecule has 1 heterocycles. The minimum atomic E-state index is -1.25. The molecule has 1 saturated carbocycles. The van der Waals surface area contributed by atoms with Crippen molar-refractivity contribution >= 4 is 18.0 Å². The Kier molecular flexibility index (Phi) is 5.01. The number of hydrazine groups is 1. The minimum absolute atomic E-state index is 0.0810. The first kappa shape index (κ1) is 18.0. The molecule has 1 saturated heterocycles. The number of rotatable bonds is 4. The number of methoxy groups -OCH3 is 1. The lowest BCUT2D eigenvalue weighted by atomic mass is 9.92. The normalized spacial score (nSPS) is 23.5. The van der Waals surface area contributed by atoms with Crippen molar-refractivity contribution < 1.29 is 19.1 Å². The number of nitrogens with zero attached hydrogens (tertiary/aromatic N) is 1. The first-order chi connectivity index (χ1) is 12.4. The molecule has 3 N–H and O–H groups in total. The number of benzene rings is 1. The number of urea groups is 2. The summed E-state index contributed by atoms with van der Waals surface area (Å²) in [6.07, 6.45) is 5.15. The molecule has 8 heteroatoms. The smallest absolute Gasteiger partial charge is 0.344 e. The summed E-state index contributed by atoms with van der Waals surface area (Å²) in [6, 6.07) is 5.73. The summed E-state index contributed by atoms with van der Waals surface area (Å²) in [4.78, 5) is 37.2. The molecule has 3 rings (SSSR count). The van der Waals surface area contributed by atoms with Crippen molar-refractivity contribution in [2.45, 2.75) is 50.6 Å². The van der Waals surface area contributed by atoms with Gasteiger partial charge in [0, 0.05) is 6.04 Å². The molecule has 1 aliphatic carbocycles. The topological polar surface area (TPSA) is 99.8 Å². The Morgan fingerprint density at radius 2 is 1.85 bits per heavy atom. The van der Waals surface area contributed by atoms with Gasteiger partial charge in [0.1, 0.15) is 11.3 Å². The summed E-state index contributed by atoms with van der Waals surface area (Å²) in [5, 5.41) is 6.21. The fourth-order valence-electron chi connectivity index (χ4n) is 3.43. The standard InChI is InChI=1S/C18H24N4O4/c1-18(12-8-10-14(26-2)11-9-12)15(23)22(17(25)20-18)21-16(24)19-13-6-4-3-5-7-13/h8-11,13H,3-7H2,1-2H3,(H,20,25)(H2,19,21,24)/t18-/m0/s1. The number of imide groups is 1. The fourth-order valence-corrected chi connectivity index (χ4v) is 3.43. The van der Waals surface area contributed by atoms with Crippen LogP contribution in [0, 0.1) is 0 Å². The summed E-state index contributed by atoms with van der Waals surface area (Å²) in [6.45, 7) is 1.61. The number of hydrogen-bond donors (Lipinski definition) is 3. The minimum Gasteiger partial charge on any atom is -0.497 e. The van der Waals surface area contributed by atoms with Crippen molar-refractivity contribution in [1.29, 1.82) is 0 Å². The Morgan fingerprint density at radius 1 is 1.19 bits per heavy atom. The lowest BCUT2D eigenvalue weighted by molar-refractivity contribution is -0.132. The monoisotopic (exact) mass is 360 g/mol. The molecule has 0 radical (unpaired) electrons. The van der Waals surface area contributed by atoms with E-state index < -0.39 is 23.5 Å². The van der Waals surface area contributed by atoms with Crippen molar-refractivity contribution in [3.63, 3.8) is 0 Å². The van der Waals surface area contributed by atoms with Gasteiger partial charge in [-0.3, -0.25) is 4.79 Å². The van der Waals surface area contributed by atoms with Gasteiger partial charge in [-0.2, -0.15) is 5.01 Å². The first-order valence-corrected chi connectivity index (χ1v) is 8.82. The van der Waals surface area contributed by atoms with Crippen molar-refractivity contribution in [2.24, 2.45) is 0 Å². The van der Waals surface area contributed by atoms with E-state index in [1.54, 1.807) is 38.3 Å². The first-order valence-electron chi connectivity index (χ1n) is 8.82. The van der Waals surface area contributed by atoms with Gasteiger partial charge in [0.25, 0.3) is 5.91 Å². The maximum absolute atomic E-state index is 12.8. The molecule has 2 fully saturated rings. The molecule has 0 aromatic heterocycles. The lowest BCUT2D eigenvalue weighted by Crippen LogP contribution is -2.53. The van der Waals surface area contributed by atoms with E-state index >= 15 is 0 Å². The fraction of sp³-hybridized carbons (Fsp3) is 0.500. The summed E-state index contributed by atoms with van der Waals surface area (Å²) in [7, 11) is 1.55. The van der Waals surface area contributed by atoms with Crippen LogP contribution >= 0.6 is 0 Å². The van der Waals surface area contributed by atoms with Gasteiger partial charge in [0.05, 0.1) is 7.11 Å². The molecular formula is C18H24N4O4. The van der Waals surface area contributed by atoms with Crippen LogP contribution in [0.5, 0.6) is 5.75 Å². The second-order valence-corrected chi connectivity index (χ2v) is 6.84. The quantitative estimate of drug-likeness (QED) is 0.715. The zero-order valence-electron chi connectivity index (χ0n) is 15.0. The van der Waals surface area contributed by atoms with E-state index in [-0.39, 0.29) is 6.04 Å². The molecule has 1 aromatic rings. The van der Waals surface area contributed by atoms with Crippen LogP contribution in [0.1, 0.15) is 44.6 Å². The summed E-state index contributed by atoms with van der Waals surface area (Å²) in [5.74, 6) is 0.113. The van der Waals surface area contributed by atoms with Gasteiger partial charge in [-0.25, -0.2) is 15.0 Å². The maximum Gasteiger partial charge on any atom is 0.344 e. The van der Waals surface area contributed by atoms with Crippen LogP contribution in [0.25, 0.3) is 0 Å². The highest BCUT2D eigenvalue weighted by atomic mass is 16.5. The molecule has 26 heavy (non-hydrogen) atoms. The van der Waals surface area contributed by atoms with Crippen molar-refractivity contribution in [3.05, 3.63) is 29.8 Å². The Balaban J connectivity index is 1.68. The van der Waals surface area contributed by atoms with Crippen LogP contribution in [0.15, 0.2) is 24.3 Å². The zero-order valence-corrected chi connectivity index (χ0v) is 15.0. The number of ether oxygens (including phenoxy) is 1. The predicted molar refractivity (Wildman–Crippen MR) is 94.3 cm³/mol. The Morgan fingerprint density at radius 3 is 2.46 bits per heavy atom. The molecule has 5 amide bonds. The van der Waals surface area contributed by atoms with Crippen molar-refractivity contribution in [2.75, 3.05) is 7.11 Å². The molecule has 1 atom stereocenters. The number of amides is 5. The molecule has 0 spiro atoms. The number of carbonyl (C=O) groups excluding carboxylic acids is 3. The third-order valence-corrected chi connectivity index (χ3v) is 5.01. The highest BCUT2D eigenvalue weighted by Gasteiger charge is 2.50. The van der Waals surface area contributed by atoms with E-state index in [2.05, 4.69) is 16.1 Å². The van der Waals surface area contributed by atoms with E-state index in [1.807, 2.05) is 0 Å². The lowest BCUT2D eigenvalue weighted by Gasteiger charge is -2.25. The number of carbonyl (C=O) groups is 3. The highest BCUT2D eigenvalue weighted by molar-refractivity contribution is 6.08. The predicted octanol–water partition coefficient (Wildman–Crippen LogP) is 2.01. The van der Waals surface area contributed by atoms with Gasteiger partial charge >= 0.3 is 12.1 Å². The van der Waals surface area contributed by atoms with Crippen LogP contribution < -0.4 is 20.8 Å². The third kappa shape index (κ3) is 3.44. The third-order valence-electron chi connectivity index (χ3n) is 5.01. The maximum atomic E-state index is 12.8. The van der Waals surface area contributed by atoms with Crippen LogP contribution in [-0.4, -0.2) is 36.1 Å². The molecule has 140 valence electrons.